The first-order valence-electron chi connectivity index (χ1n) is 12.8. The molecule has 1 amide bonds. The number of fused-ring (bicyclic) bond motifs is 1. The van der Waals surface area contributed by atoms with Crippen LogP contribution in [0.15, 0.2) is 85.3 Å². The molecule has 0 aliphatic carbocycles. The zero-order valence-electron chi connectivity index (χ0n) is 21.5. The number of carbonyl (C=O) groups is 1. The smallest absolute Gasteiger partial charge is 0.237 e. The first kappa shape index (κ1) is 25.2. The van der Waals surface area contributed by atoms with E-state index in [4.69, 9.17) is 10.00 Å². The third-order valence-electron chi connectivity index (χ3n) is 7.08. The van der Waals surface area contributed by atoms with Crippen LogP contribution in [0, 0.1) is 11.3 Å². The Hall–Kier alpha value is -4.41. The van der Waals surface area contributed by atoms with E-state index in [1.54, 1.807) is 7.11 Å². The van der Waals surface area contributed by atoms with E-state index in [-0.39, 0.29) is 11.9 Å². The highest BCUT2D eigenvalue weighted by atomic mass is 16.5. The quantitative estimate of drug-likeness (QED) is 0.370. The SMILES string of the molecule is COc1cccc(CN2Cc3ccccc3CC2C(=O)NCCc2cncn2Cc2ccc(C#N)cc2)c1. The molecule has 7 nitrogen and oxygen atoms in total. The van der Waals surface area contributed by atoms with Crippen molar-refractivity contribution < 1.29 is 9.53 Å². The van der Waals surface area contributed by atoms with Crippen LogP contribution in [0.2, 0.25) is 0 Å². The Labute approximate surface area is 223 Å². The van der Waals surface area contributed by atoms with Gasteiger partial charge in [0.15, 0.2) is 0 Å². The highest BCUT2D eigenvalue weighted by Crippen LogP contribution is 2.26. The Balaban J connectivity index is 1.24. The van der Waals surface area contributed by atoms with E-state index in [9.17, 15) is 4.79 Å². The number of imidazole rings is 1. The summed E-state index contributed by atoms with van der Waals surface area (Å²) < 4.78 is 7.49. The van der Waals surface area contributed by atoms with E-state index < -0.39 is 0 Å². The Morgan fingerprint density at radius 2 is 1.87 bits per heavy atom. The van der Waals surface area contributed by atoms with Crippen molar-refractivity contribution in [3.8, 4) is 11.8 Å². The van der Waals surface area contributed by atoms with Crippen molar-refractivity contribution in [1.82, 2.24) is 19.8 Å². The number of nitrogens with one attached hydrogen (secondary N) is 1. The number of methoxy groups -OCH3 is 1. The number of ether oxygens (including phenoxy) is 1. The largest absolute Gasteiger partial charge is 0.497 e. The number of rotatable bonds is 9. The van der Waals surface area contributed by atoms with Crippen LogP contribution in [0.3, 0.4) is 0 Å². The van der Waals surface area contributed by atoms with Crippen molar-refractivity contribution in [3.05, 3.63) is 119 Å². The molecule has 38 heavy (non-hydrogen) atoms. The van der Waals surface area contributed by atoms with Gasteiger partial charge in [0, 0.05) is 44.5 Å². The standard InChI is InChI=1S/C31H31N5O2/c1-38-29-8-4-5-25(15-29)20-35-21-27-7-3-2-6-26(27)16-30(35)31(37)34-14-13-28-18-33-22-36(28)19-24-11-9-23(17-32)10-12-24/h2-12,15,18,22,30H,13-14,16,19-21H2,1H3,(H,34,37). The Bertz CT molecular complexity index is 1440. The molecule has 0 bridgehead atoms. The number of carbonyl (C=O) groups excluding carboxylic acids is 1. The minimum Gasteiger partial charge on any atom is -0.497 e. The summed E-state index contributed by atoms with van der Waals surface area (Å²) in [5.74, 6) is 0.860. The highest BCUT2D eigenvalue weighted by molar-refractivity contribution is 5.82. The molecule has 0 radical (unpaired) electrons. The summed E-state index contributed by atoms with van der Waals surface area (Å²) in [7, 11) is 1.67. The monoisotopic (exact) mass is 505 g/mol. The van der Waals surface area contributed by atoms with Gasteiger partial charge in [-0.25, -0.2) is 4.98 Å². The first-order chi connectivity index (χ1) is 18.6. The summed E-state index contributed by atoms with van der Waals surface area (Å²) in [6, 6.07) is 25.9. The molecule has 0 fully saturated rings. The van der Waals surface area contributed by atoms with Crippen molar-refractivity contribution in [2.75, 3.05) is 13.7 Å². The van der Waals surface area contributed by atoms with Crippen molar-refractivity contribution in [2.24, 2.45) is 0 Å². The van der Waals surface area contributed by atoms with Gasteiger partial charge in [-0.3, -0.25) is 9.69 Å². The lowest BCUT2D eigenvalue weighted by molar-refractivity contribution is -0.127. The van der Waals surface area contributed by atoms with Crippen LogP contribution < -0.4 is 10.1 Å². The Kier molecular flexibility index (Phi) is 7.81. The normalized spacial score (nSPS) is 14.9. The lowest BCUT2D eigenvalue weighted by Gasteiger charge is -2.36. The second-order valence-electron chi connectivity index (χ2n) is 9.61. The van der Waals surface area contributed by atoms with E-state index >= 15 is 0 Å². The number of hydrogen-bond donors (Lipinski definition) is 1. The average Bonchev–Trinajstić information content (AvgIpc) is 3.39. The van der Waals surface area contributed by atoms with Gasteiger partial charge in [0.1, 0.15) is 5.75 Å². The molecule has 1 aliphatic rings. The van der Waals surface area contributed by atoms with Gasteiger partial charge >= 0.3 is 0 Å². The van der Waals surface area contributed by atoms with Gasteiger partial charge in [-0.15, -0.1) is 0 Å². The maximum absolute atomic E-state index is 13.5. The topological polar surface area (TPSA) is 83.2 Å². The molecular formula is C31H31N5O2. The fraction of sp³-hybridized carbons (Fsp3) is 0.258. The van der Waals surface area contributed by atoms with Crippen molar-refractivity contribution in [2.45, 2.75) is 38.5 Å². The van der Waals surface area contributed by atoms with Gasteiger partial charge < -0.3 is 14.6 Å². The lowest BCUT2D eigenvalue weighted by atomic mass is 9.93. The average molecular weight is 506 g/mol. The van der Waals surface area contributed by atoms with Gasteiger partial charge in [0.25, 0.3) is 0 Å². The summed E-state index contributed by atoms with van der Waals surface area (Å²) >= 11 is 0. The zero-order chi connectivity index (χ0) is 26.3. The molecule has 192 valence electrons. The van der Waals surface area contributed by atoms with Crippen LogP contribution in [0.5, 0.6) is 5.75 Å². The van der Waals surface area contributed by atoms with Crippen molar-refractivity contribution in [1.29, 1.82) is 5.26 Å². The molecule has 1 N–H and O–H groups in total. The molecule has 7 heteroatoms. The highest BCUT2D eigenvalue weighted by Gasteiger charge is 2.31. The molecule has 1 aliphatic heterocycles. The third-order valence-corrected chi connectivity index (χ3v) is 7.08. The molecule has 4 aromatic rings. The van der Waals surface area contributed by atoms with Crippen LogP contribution in [0.1, 0.15) is 33.5 Å². The lowest BCUT2D eigenvalue weighted by Crippen LogP contribution is -2.50. The molecule has 1 unspecified atom stereocenters. The van der Waals surface area contributed by atoms with E-state index in [2.05, 4.69) is 50.1 Å². The number of aromatic nitrogens is 2. The second kappa shape index (κ2) is 11.8. The molecule has 0 spiro atoms. The Morgan fingerprint density at radius 1 is 1.05 bits per heavy atom. The van der Waals surface area contributed by atoms with E-state index in [0.29, 0.717) is 38.0 Å². The summed E-state index contributed by atoms with van der Waals surface area (Å²) in [6.07, 6.45) is 5.02. The molecule has 2 heterocycles. The van der Waals surface area contributed by atoms with Gasteiger partial charge in [-0.1, -0.05) is 48.5 Å². The van der Waals surface area contributed by atoms with Crippen molar-refractivity contribution >= 4 is 5.91 Å². The molecule has 0 saturated carbocycles. The maximum Gasteiger partial charge on any atom is 0.237 e. The van der Waals surface area contributed by atoms with Crippen LogP contribution in [0.25, 0.3) is 0 Å². The van der Waals surface area contributed by atoms with E-state index in [0.717, 1.165) is 29.1 Å². The van der Waals surface area contributed by atoms with Crippen LogP contribution in [0.4, 0.5) is 0 Å². The molecule has 3 aromatic carbocycles. The molecule has 5 rings (SSSR count). The van der Waals surface area contributed by atoms with Gasteiger partial charge in [0.2, 0.25) is 5.91 Å². The zero-order valence-corrected chi connectivity index (χ0v) is 21.5. The summed E-state index contributed by atoms with van der Waals surface area (Å²) in [5.41, 5.74) is 6.42. The predicted molar refractivity (Wildman–Crippen MR) is 145 cm³/mol. The van der Waals surface area contributed by atoms with Crippen LogP contribution in [-0.2, 0) is 37.3 Å². The maximum atomic E-state index is 13.5. The summed E-state index contributed by atoms with van der Waals surface area (Å²) in [5, 5.41) is 12.2. The van der Waals surface area contributed by atoms with Crippen molar-refractivity contribution in [3.63, 3.8) is 0 Å². The van der Waals surface area contributed by atoms with Crippen LogP contribution in [-0.4, -0.2) is 40.1 Å². The van der Waals surface area contributed by atoms with Gasteiger partial charge in [-0.2, -0.15) is 5.26 Å². The predicted octanol–water partition coefficient (Wildman–Crippen LogP) is 4.10. The number of hydrogen-bond acceptors (Lipinski definition) is 5. The van der Waals surface area contributed by atoms with E-state index in [1.165, 1.54) is 11.1 Å². The number of benzene rings is 3. The first-order valence-corrected chi connectivity index (χ1v) is 12.8. The Morgan fingerprint density at radius 3 is 2.66 bits per heavy atom. The molecule has 0 saturated heterocycles. The summed E-state index contributed by atoms with van der Waals surface area (Å²) in [4.78, 5) is 20.0. The second-order valence-corrected chi connectivity index (χ2v) is 9.61. The van der Waals surface area contributed by atoms with Gasteiger partial charge in [0.05, 0.1) is 31.1 Å². The number of amides is 1. The minimum atomic E-state index is -0.250. The third kappa shape index (κ3) is 5.93. The molecule has 1 aromatic heterocycles. The fourth-order valence-corrected chi connectivity index (χ4v) is 5.02. The molecule has 1 atom stereocenters. The number of nitrogens with zero attached hydrogens (tertiary/aromatic N) is 4. The summed E-state index contributed by atoms with van der Waals surface area (Å²) in [6.45, 7) is 2.59. The van der Waals surface area contributed by atoms with Gasteiger partial charge in [-0.05, 0) is 52.9 Å². The minimum absolute atomic E-state index is 0.0422. The molecular weight excluding hydrogens is 474 g/mol. The van der Waals surface area contributed by atoms with Crippen LogP contribution >= 0.6 is 0 Å². The van der Waals surface area contributed by atoms with E-state index in [1.807, 2.05) is 61.1 Å². The fourth-order valence-electron chi connectivity index (χ4n) is 5.02. The number of nitriles is 1.